The Morgan fingerprint density at radius 2 is 2.12 bits per heavy atom. The van der Waals surface area contributed by atoms with Crippen LogP contribution in [-0.4, -0.2) is 33.7 Å². The first-order chi connectivity index (χ1) is 12.0. The minimum absolute atomic E-state index is 0.0837. The number of unbranched alkanes of at least 4 members (excludes halogenated alkanes) is 1. The van der Waals surface area contributed by atoms with Crippen LogP contribution in [0.25, 0.3) is 0 Å². The van der Waals surface area contributed by atoms with Crippen molar-refractivity contribution in [3.05, 3.63) is 30.9 Å². The molecule has 0 aliphatic rings. The first kappa shape index (κ1) is 18.4. The monoisotopic (exact) mass is 345 g/mol. The molecule has 1 heterocycles. The minimum atomic E-state index is -0.507. The maximum absolute atomic E-state index is 12.3. The van der Waals surface area contributed by atoms with E-state index in [0.29, 0.717) is 23.5 Å². The summed E-state index contributed by atoms with van der Waals surface area (Å²) in [5.41, 5.74) is 1.08. The summed E-state index contributed by atoms with van der Waals surface area (Å²) in [6.07, 6.45) is 5.07. The first-order valence-electron chi connectivity index (χ1n) is 8.18. The normalized spacial score (nSPS) is 11.6. The van der Waals surface area contributed by atoms with E-state index in [1.165, 1.54) is 24.4 Å². The number of nitrogens with one attached hydrogen (secondary N) is 2. The van der Waals surface area contributed by atoms with E-state index in [1.54, 1.807) is 25.1 Å². The van der Waals surface area contributed by atoms with E-state index in [0.717, 1.165) is 12.8 Å². The molecule has 0 aliphatic heterocycles. The van der Waals surface area contributed by atoms with Gasteiger partial charge in [0.15, 0.2) is 0 Å². The zero-order chi connectivity index (χ0) is 18.2. The molecule has 2 aromatic rings. The lowest BCUT2D eigenvalue weighted by atomic mass is 10.2. The van der Waals surface area contributed by atoms with Crippen molar-refractivity contribution in [2.75, 3.05) is 17.7 Å². The maximum atomic E-state index is 12.3. The molecule has 0 saturated heterocycles. The number of anilines is 2. The Labute approximate surface area is 146 Å². The zero-order valence-electron chi connectivity index (χ0n) is 14.7. The lowest BCUT2D eigenvalue weighted by molar-refractivity contribution is -0.119. The minimum Gasteiger partial charge on any atom is -0.495 e. The van der Waals surface area contributed by atoms with Gasteiger partial charge in [0.2, 0.25) is 11.8 Å². The Hall–Kier alpha value is -2.90. The molecule has 2 rings (SSSR count). The Balaban J connectivity index is 2.09. The van der Waals surface area contributed by atoms with Gasteiger partial charge in [0.25, 0.3) is 0 Å². The van der Waals surface area contributed by atoms with Crippen molar-refractivity contribution in [2.45, 2.75) is 39.2 Å². The van der Waals surface area contributed by atoms with Crippen LogP contribution in [0.1, 0.15) is 39.2 Å². The number of aromatic nitrogens is 3. The van der Waals surface area contributed by atoms with Crippen molar-refractivity contribution in [3.63, 3.8) is 0 Å². The van der Waals surface area contributed by atoms with Crippen LogP contribution in [-0.2, 0) is 9.59 Å². The molecule has 1 aromatic carbocycles. The molecule has 0 spiro atoms. The van der Waals surface area contributed by atoms with Gasteiger partial charge in [-0.05, 0) is 31.5 Å². The average Bonchev–Trinajstić information content (AvgIpc) is 3.14. The first-order valence-corrected chi connectivity index (χ1v) is 8.18. The number of carbonyl (C=O) groups is 2. The lowest BCUT2D eigenvalue weighted by Gasteiger charge is -2.15. The summed E-state index contributed by atoms with van der Waals surface area (Å²) in [6, 6.07) is 4.58. The molecule has 134 valence electrons. The van der Waals surface area contributed by atoms with Gasteiger partial charge in [-0.2, -0.15) is 5.10 Å². The molecule has 1 atom stereocenters. The van der Waals surface area contributed by atoms with Crippen LogP contribution in [0.4, 0.5) is 11.4 Å². The Morgan fingerprint density at radius 1 is 1.32 bits per heavy atom. The number of amides is 2. The molecule has 8 nitrogen and oxygen atoms in total. The molecule has 1 aromatic heterocycles. The van der Waals surface area contributed by atoms with Gasteiger partial charge >= 0.3 is 0 Å². The summed E-state index contributed by atoms with van der Waals surface area (Å²) >= 11 is 0. The highest BCUT2D eigenvalue weighted by atomic mass is 16.5. The summed E-state index contributed by atoms with van der Waals surface area (Å²) in [5.74, 6) is 0.214. The van der Waals surface area contributed by atoms with Crippen molar-refractivity contribution in [2.24, 2.45) is 0 Å². The maximum Gasteiger partial charge on any atom is 0.249 e. The third-order valence-corrected chi connectivity index (χ3v) is 3.71. The molecule has 2 N–H and O–H groups in total. The fraction of sp³-hybridized carbons (Fsp3) is 0.412. The van der Waals surface area contributed by atoms with Crippen molar-refractivity contribution in [3.8, 4) is 5.75 Å². The number of ether oxygens (including phenoxy) is 1. The number of hydrogen-bond acceptors (Lipinski definition) is 5. The molecule has 0 bridgehead atoms. The van der Waals surface area contributed by atoms with Gasteiger partial charge in [-0.15, -0.1) is 0 Å². The molecule has 0 fully saturated rings. The number of carbonyl (C=O) groups excluding carboxylic acids is 2. The topological polar surface area (TPSA) is 98.1 Å². The third-order valence-electron chi connectivity index (χ3n) is 3.71. The fourth-order valence-electron chi connectivity index (χ4n) is 2.22. The Morgan fingerprint density at radius 3 is 2.76 bits per heavy atom. The van der Waals surface area contributed by atoms with Crippen LogP contribution in [0.5, 0.6) is 5.75 Å². The quantitative estimate of drug-likeness (QED) is 0.766. The molecule has 1 unspecified atom stereocenters. The summed E-state index contributed by atoms with van der Waals surface area (Å²) in [5, 5.41) is 9.59. The number of rotatable bonds is 8. The molecular weight excluding hydrogens is 322 g/mol. The predicted octanol–water partition coefficient (Wildman–Crippen LogP) is 2.62. The second-order valence-corrected chi connectivity index (χ2v) is 5.61. The van der Waals surface area contributed by atoms with E-state index in [2.05, 4.69) is 20.7 Å². The fourth-order valence-corrected chi connectivity index (χ4v) is 2.22. The van der Waals surface area contributed by atoms with Gasteiger partial charge < -0.3 is 15.4 Å². The van der Waals surface area contributed by atoms with E-state index in [4.69, 9.17) is 4.74 Å². The van der Waals surface area contributed by atoms with Gasteiger partial charge in [-0.1, -0.05) is 13.3 Å². The highest BCUT2D eigenvalue weighted by molar-refractivity contribution is 5.96. The van der Waals surface area contributed by atoms with Crippen LogP contribution in [0.15, 0.2) is 30.9 Å². The largest absolute Gasteiger partial charge is 0.495 e. The van der Waals surface area contributed by atoms with Gasteiger partial charge in [0.1, 0.15) is 24.4 Å². The van der Waals surface area contributed by atoms with Crippen molar-refractivity contribution in [1.29, 1.82) is 0 Å². The predicted molar refractivity (Wildman–Crippen MR) is 94.5 cm³/mol. The van der Waals surface area contributed by atoms with Crippen molar-refractivity contribution >= 4 is 23.2 Å². The smallest absolute Gasteiger partial charge is 0.249 e. The molecule has 0 aliphatic carbocycles. The van der Waals surface area contributed by atoms with E-state index in [-0.39, 0.29) is 11.8 Å². The highest BCUT2D eigenvalue weighted by Crippen LogP contribution is 2.28. The SMILES string of the molecule is CCCCC(=O)Nc1cc(NC(=O)C(C)n2cncn2)ccc1OC. The average molecular weight is 345 g/mol. The standard InChI is InChI=1S/C17H23N5O3/c1-4-5-6-16(23)21-14-9-13(7-8-15(14)25-3)20-17(24)12(2)22-11-18-10-19-22/h7-12H,4-6H2,1-3H3,(H,20,24)(H,21,23). The molecule has 8 heteroatoms. The van der Waals surface area contributed by atoms with Gasteiger partial charge in [-0.3, -0.25) is 9.59 Å². The second-order valence-electron chi connectivity index (χ2n) is 5.61. The summed E-state index contributed by atoms with van der Waals surface area (Å²) in [6.45, 7) is 3.75. The van der Waals surface area contributed by atoms with E-state index in [9.17, 15) is 9.59 Å². The van der Waals surface area contributed by atoms with Crippen LogP contribution in [0.3, 0.4) is 0 Å². The van der Waals surface area contributed by atoms with Gasteiger partial charge in [0, 0.05) is 12.1 Å². The second kappa shape index (κ2) is 8.81. The van der Waals surface area contributed by atoms with Crippen LogP contribution < -0.4 is 15.4 Å². The van der Waals surface area contributed by atoms with E-state index >= 15 is 0 Å². The number of hydrogen-bond donors (Lipinski definition) is 2. The van der Waals surface area contributed by atoms with Crippen LogP contribution in [0.2, 0.25) is 0 Å². The van der Waals surface area contributed by atoms with E-state index in [1.807, 2.05) is 6.92 Å². The molecule has 0 radical (unpaired) electrons. The number of nitrogens with zero attached hydrogens (tertiary/aromatic N) is 3. The Kier molecular flexibility index (Phi) is 6.50. The lowest BCUT2D eigenvalue weighted by Crippen LogP contribution is -2.24. The number of methoxy groups -OCH3 is 1. The Bertz CT molecular complexity index is 715. The highest BCUT2D eigenvalue weighted by Gasteiger charge is 2.16. The number of benzene rings is 1. The molecule has 0 saturated carbocycles. The van der Waals surface area contributed by atoms with Gasteiger partial charge in [0.05, 0.1) is 12.8 Å². The van der Waals surface area contributed by atoms with Crippen LogP contribution in [0, 0.1) is 0 Å². The molecule has 25 heavy (non-hydrogen) atoms. The summed E-state index contributed by atoms with van der Waals surface area (Å²) in [7, 11) is 1.53. The summed E-state index contributed by atoms with van der Waals surface area (Å²) in [4.78, 5) is 28.1. The van der Waals surface area contributed by atoms with Crippen molar-refractivity contribution < 1.29 is 14.3 Å². The van der Waals surface area contributed by atoms with Crippen LogP contribution >= 0.6 is 0 Å². The van der Waals surface area contributed by atoms with Gasteiger partial charge in [-0.25, -0.2) is 9.67 Å². The summed E-state index contributed by atoms with van der Waals surface area (Å²) < 4.78 is 6.73. The van der Waals surface area contributed by atoms with E-state index < -0.39 is 6.04 Å². The zero-order valence-corrected chi connectivity index (χ0v) is 14.7. The molecule has 2 amide bonds. The molecular formula is C17H23N5O3. The third kappa shape index (κ3) is 5.03. The van der Waals surface area contributed by atoms with Crippen molar-refractivity contribution in [1.82, 2.24) is 14.8 Å².